The van der Waals surface area contributed by atoms with Crippen LogP contribution < -0.4 is 10.6 Å². The Labute approximate surface area is 223 Å². The molecular formula is C30H47N5O2. The third-order valence-corrected chi connectivity index (χ3v) is 8.68. The molecule has 2 bridgehead atoms. The molecule has 2 fully saturated rings. The topological polar surface area (TPSA) is 67.9 Å². The Morgan fingerprint density at radius 1 is 1.08 bits per heavy atom. The van der Waals surface area contributed by atoms with E-state index in [1.165, 1.54) is 17.6 Å². The van der Waals surface area contributed by atoms with Crippen molar-refractivity contribution in [2.24, 2.45) is 17.3 Å². The lowest BCUT2D eigenvalue weighted by Crippen LogP contribution is -2.55. The largest absolute Gasteiger partial charge is 0.333 e. The fourth-order valence-corrected chi connectivity index (χ4v) is 5.99. The highest BCUT2D eigenvalue weighted by Gasteiger charge is 2.51. The van der Waals surface area contributed by atoms with Crippen molar-refractivity contribution in [1.29, 1.82) is 0 Å². The summed E-state index contributed by atoms with van der Waals surface area (Å²) in [6.07, 6.45) is 5.79. The number of allylic oxidation sites excluding steroid dienone is 1. The van der Waals surface area contributed by atoms with Gasteiger partial charge in [-0.05, 0) is 75.0 Å². The lowest BCUT2D eigenvalue weighted by atomic mass is 9.49. The van der Waals surface area contributed by atoms with Crippen LogP contribution in [0.2, 0.25) is 0 Å². The summed E-state index contributed by atoms with van der Waals surface area (Å²) in [6.45, 7) is 18.2. The Hall–Kier alpha value is -2.54. The Kier molecular flexibility index (Phi) is 8.22. The number of carbonyl (C=O) groups is 2. The lowest BCUT2D eigenvalue weighted by molar-refractivity contribution is -0.00988. The van der Waals surface area contributed by atoms with Crippen LogP contribution in [-0.2, 0) is 6.42 Å². The molecule has 7 nitrogen and oxygen atoms in total. The number of nitrogens with one attached hydrogen (secondary N) is 2. The van der Waals surface area contributed by atoms with E-state index < -0.39 is 0 Å². The van der Waals surface area contributed by atoms with E-state index in [2.05, 4.69) is 54.5 Å². The maximum Gasteiger partial charge on any atom is 0.321 e. The van der Waals surface area contributed by atoms with Gasteiger partial charge in [-0.25, -0.2) is 9.59 Å². The second-order valence-corrected chi connectivity index (χ2v) is 12.7. The van der Waals surface area contributed by atoms with Crippen LogP contribution in [-0.4, -0.2) is 78.1 Å². The highest BCUT2D eigenvalue weighted by molar-refractivity contribution is 5.89. The molecule has 3 aliphatic carbocycles. The van der Waals surface area contributed by atoms with Crippen molar-refractivity contribution in [3.63, 3.8) is 0 Å². The highest BCUT2D eigenvalue weighted by Crippen LogP contribution is 2.59. The fourth-order valence-electron chi connectivity index (χ4n) is 5.99. The van der Waals surface area contributed by atoms with Crippen molar-refractivity contribution in [2.75, 3.05) is 51.1 Å². The van der Waals surface area contributed by atoms with Crippen molar-refractivity contribution in [3.05, 3.63) is 41.5 Å². The van der Waals surface area contributed by atoms with Crippen LogP contribution in [0, 0.1) is 17.3 Å². The first kappa shape index (κ1) is 27.5. The Morgan fingerprint density at radius 2 is 1.76 bits per heavy atom. The predicted molar refractivity (Wildman–Crippen MR) is 151 cm³/mol. The number of nitrogens with zero attached hydrogens (tertiary/aromatic N) is 3. The summed E-state index contributed by atoms with van der Waals surface area (Å²) in [7, 11) is 0. The van der Waals surface area contributed by atoms with Crippen molar-refractivity contribution in [1.82, 2.24) is 20.0 Å². The van der Waals surface area contributed by atoms with Gasteiger partial charge in [0.25, 0.3) is 0 Å². The van der Waals surface area contributed by atoms with E-state index in [1.807, 2.05) is 42.7 Å². The van der Waals surface area contributed by atoms with Gasteiger partial charge in [-0.2, -0.15) is 0 Å². The molecule has 5 rings (SSSR count). The third kappa shape index (κ3) is 6.67. The Balaban J connectivity index is 1.29. The number of aryl methyl sites for hydroxylation is 1. The van der Waals surface area contributed by atoms with E-state index in [-0.39, 0.29) is 17.6 Å². The molecule has 4 amide bonds. The van der Waals surface area contributed by atoms with Crippen LogP contribution in [0.1, 0.15) is 59.9 Å². The number of carbonyl (C=O) groups excluding carboxylic acids is 2. The number of rotatable bonds is 7. The summed E-state index contributed by atoms with van der Waals surface area (Å²) in [5.74, 6) is 1.39. The lowest BCUT2D eigenvalue weighted by Gasteiger charge is -2.57. The minimum Gasteiger partial charge on any atom is -0.333 e. The zero-order valence-electron chi connectivity index (χ0n) is 23.8. The minimum absolute atomic E-state index is 0.0137. The third-order valence-electron chi connectivity index (χ3n) is 8.68. The number of amides is 4. The van der Waals surface area contributed by atoms with Crippen LogP contribution in [0.3, 0.4) is 0 Å². The van der Waals surface area contributed by atoms with Crippen LogP contribution in [0.25, 0.3) is 0 Å². The van der Waals surface area contributed by atoms with Gasteiger partial charge >= 0.3 is 12.1 Å². The molecule has 0 spiro atoms. The number of hydrogen-bond acceptors (Lipinski definition) is 3. The molecule has 4 aliphatic rings. The van der Waals surface area contributed by atoms with E-state index >= 15 is 0 Å². The minimum atomic E-state index is -0.271. The first-order valence-corrected chi connectivity index (χ1v) is 14.1. The first-order chi connectivity index (χ1) is 17.5. The SMILES string of the molecule is CCc1ccc(NC(=O)N2CCN(CCN(CC3=CCC4CC3C4(C)C)C(=O)NC(C)(C)C)CC2)cc1. The van der Waals surface area contributed by atoms with Crippen molar-refractivity contribution < 1.29 is 9.59 Å². The first-order valence-electron chi connectivity index (χ1n) is 14.1. The molecule has 2 unspecified atom stereocenters. The molecular weight excluding hydrogens is 462 g/mol. The maximum absolute atomic E-state index is 13.2. The molecule has 2 atom stereocenters. The van der Waals surface area contributed by atoms with E-state index in [4.69, 9.17) is 0 Å². The number of piperazine rings is 1. The molecule has 1 aromatic carbocycles. The zero-order valence-corrected chi connectivity index (χ0v) is 23.8. The number of urea groups is 2. The summed E-state index contributed by atoms with van der Waals surface area (Å²) < 4.78 is 0. The molecule has 37 heavy (non-hydrogen) atoms. The van der Waals surface area contributed by atoms with E-state index in [0.717, 1.165) is 44.1 Å². The predicted octanol–water partition coefficient (Wildman–Crippen LogP) is 5.20. The smallest absolute Gasteiger partial charge is 0.321 e. The van der Waals surface area contributed by atoms with Gasteiger partial charge < -0.3 is 20.4 Å². The molecule has 1 saturated heterocycles. The molecule has 7 heteroatoms. The molecule has 0 radical (unpaired) electrons. The molecule has 1 aliphatic heterocycles. The van der Waals surface area contributed by atoms with Crippen molar-refractivity contribution in [3.8, 4) is 0 Å². The van der Waals surface area contributed by atoms with Crippen LogP contribution in [0.5, 0.6) is 0 Å². The highest BCUT2D eigenvalue weighted by atomic mass is 16.2. The summed E-state index contributed by atoms with van der Waals surface area (Å²) in [6, 6.07) is 8.03. The van der Waals surface area contributed by atoms with Gasteiger partial charge in [0.2, 0.25) is 0 Å². The number of fused-ring (bicyclic) bond motifs is 1. The summed E-state index contributed by atoms with van der Waals surface area (Å²) in [5, 5.41) is 6.20. The summed E-state index contributed by atoms with van der Waals surface area (Å²) in [4.78, 5) is 32.3. The van der Waals surface area contributed by atoms with E-state index in [0.29, 0.717) is 37.5 Å². The van der Waals surface area contributed by atoms with Crippen molar-refractivity contribution >= 4 is 17.7 Å². The Bertz CT molecular complexity index is 986. The molecule has 1 heterocycles. The molecule has 1 saturated carbocycles. The van der Waals surface area contributed by atoms with Crippen molar-refractivity contribution in [2.45, 2.75) is 66.3 Å². The van der Waals surface area contributed by atoms with Crippen LogP contribution in [0.15, 0.2) is 35.9 Å². The monoisotopic (exact) mass is 509 g/mol. The van der Waals surface area contributed by atoms with Gasteiger partial charge in [-0.15, -0.1) is 0 Å². The fraction of sp³-hybridized carbons (Fsp3) is 0.667. The van der Waals surface area contributed by atoms with Gasteiger partial charge in [-0.1, -0.05) is 44.6 Å². The standard InChI is InChI=1S/C30H47N5O2/c1-7-22-8-12-25(13-9-22)31-27(36)34-17-14-33(15-18-34)16-19-35(28(37)32-29(2,3)4)21-23-10-11-24-20-26(23)30(24,5)6/h8-10,12-13,24,26H,7,11,14-21H2,1-6H3,(H,31,36)(H,32,37). The van der Waals surface area contributed by atoms with Gasteiger partial charge in [0.1, 0.15) is 0 Å². The number of hydrogen-bond donors (Lipinski definition) is 2. The summed E-state index contributed by atoms with van der Waals surface area (Å²) in [5.41, 5.74) is 3.61. The van der Waals surface area contributed by atoms with Crippen LogP contribution >= 0.6 is 0 Å². The quantitative estimate of drug-likeness (QED) is 0.497. The van der Waals surface area contributed by atoms with Crippen LogP contribution in [0.4, 0.5) is 15.3 Å². The zero-order chi connectivity index (χ0) is 26.8. The molecule has 2 N–H and O–H groups in total. The average Bonchev–Trinajstić information content (AvgIpc) is 2.86. The Morgan fingerprint density at radius 3 is 2.32 bits per heavy atom. The van der Waals surface area contributed by atoms with Gasteiger partial charge in [0, 0.05) is 57.0 Å². The molecule has 0 aromatic heterocycles. The number of benzene rings is 1. The number of anilines is 1. The normalized spacial score (nSPS) is 23.1. The summed E-state index contributed by atoms with van der Waals surface area (Å²) >= 11 is 0. The van der Waals surface area contributed by atoms with Gasteiger partial charge in [0.05, 0.1) is 0 Å². The van der Waals surface area contributed by atoms with E-state index in [1.54, 1.807) is 0 Å². The molecule has 204 valence electrons. The average molecular weight is 510 g/mol. The second-order valence-electron chi connectivity index (χ2n) is 12.7. The maximum atomic E-state index is 13.2. The van der Waals surface area contributed by atoms with Gasteiger partial charge in [-0.3, -0.25) is 4.90 Å². The molecule has 1 aromatic rings. The van der Waals surface area contributed by atoms with Gasteiger partial charge in [0.15, 0.2) is 0 Å². The second kappa shape index (κ2) is 11.1. The van der Waals surface area contributed by atoms with E-state index in [9.17, 15) is 9.59 Å².